The molecule has 2 radical (unpaired) electrons. The Morgan fingerprint density at radius 2 is 1.83 bits per heavy atom. The minimum Gasteiger partial charge on any atom is -0.505 e. The summed E-state index contributed by atoms with van der Waals surface area (Å²) in [7, 11) is 1.24. The Hall–Kier alpha value is 0.888. The van der Waals surface area contributed by atoms with Gasteiger partial charge in [-0.25, -0.2) is 6.54 Å². The molecule has 0 unspecified atom stereocenters. The summed E-state index contributed by atoms with van der Waals surface area (Å²) < 4.78 is 4.22. The minimum atomic E-state index is -0.574. The van der Waals surface area contributed by atoms with Crippen molar-refractivity contribution in [3.8, 4) is 0 Å². The fraction of sp³-hybridized carbons (Fsp3) is 0.333. The van der Waals surface area contributed by atoms with Crippen LogP contribution in [-0.4, -0.2) is 19.0 Å². The van der Waals surface area contributed by atoms with Gasteiger partial charge in [0, 0.05) is 65.4 Å². The first kappa shape index (κ1) is 18.6. The average molecular weight is 321 g/mol. The Morgan fingerprint density at radius 1 is 1.33 bits per heavy atom. The zero-order chi connectivity index (χ0) is 7.98. The van der Waals surface area contributed by atoms with Crippen molar-refractivity contribution in [1.82, 2.24) is 5.32 Å². The van der Waals surface area contributed by atoms with Crippen LogP contribution in [0.3, 0.4) is 0 Å². The van der Waals surface area contributed by atoms with Gasteiger partial charge < -0.3 is 21.3 Å². The van der Waals surface area contributed by atoms with E-state index in [-0.39, 0.29) is 71.3 Å². The summed E-state index contributed by atoms with van der Waals surface area (Å²) in [6, 6.07) is 0. The van der Waals surface area contributed by atoms with Crippen LogP contribution < -0.4 is 5.32 Å². The summed E-state index contributed by atoms with van der Waals surface area (Å²) in [4.78, 5) is 20.8. The third-order valence-corrected chi connectivity index (χ3v) is 0.796. The second-order valence-corrected chi connectivity index (χ2v) is 1.46. The monoisotopic (exact) mass is 321 g/mol. The summed E-state index contributed by atoms with van der Waals surface area (Å²) >= 11 is 0. The predicted molar refractivity (Wildman–Crippen MR) is 34.4 cm³/mol. The molecule has 1 N–H and O–H groups in total. The first-order valence-electron chi connectivity index (χ1n) is 2.71. The van der Waals surface area contributed by atoms with Gasteiger partial charge in [0.15, 0.2) is 5.97 Å². The van der Waals surface area contributed by atoms with Crippen molar-refractivity contribution in [2.75, 3.05) is 7.11 Å². The van der Waals surface area contributed by atoms with Crippen molar-refractivity contribution in [2.45, 2.75) is 6.92 Å². The molecule has 0 aromatic carbocycles. The predicted octanol–water partition coefficient (Wildman–Crippen LogP) is -0.343. The average Bonchev–Trinajstić information content (AvgIpc) is 1.99. The van der Waals surface area contributed by atoms with Crippen LogP contribution in [0.4, 0.5) is 0 Å². The van der Waals surface area contributed by atoms with E-state index in [0.717, 1.165) is 6.54 Å². The quantitative estimate of drug-likeness (QED) is 0.571. The summed E-state index contributed by atoms with van der Waals surface area (Å²) in [6.07, 6.45) is 1.31. The molecule has 0 heterocycles. The molecule has 0 aliphatic carbocycles. The van der Waals surface area contributed by atoms with Gasteiger partial charge in [-0.2, -0.15) is 6.92 Å². The Balaban J connectivity index is -0.000000405. The molecule has 0 saturated heterocycles. The smallest absolute Gasteiger partial charge is 0.184 e. The van der Waals surface area contributed by atoms with Gasteiger partial charge in [0.2, 0.25) is 0 Å². The molecular weight excluding hydrogens is 312 g/mol. The first-order chi connectivity index (χ1) is 4.70. The van der Waals surface area contributed by atoms with E-state index in [9.17, 15) is 9.59 Å². The molecule has 0 rings (SSSR count). The molecule has 0 spiro atoms. The van der Waals surface area contributed by atoms with E-state index in [1.165, 1.54) is 13.5 Å². The maximum atomic E-state index is 10.4. The maximum Gasteiger partial charge on any atom is 0.184 e. The zero-order valence-electron chi connectivity index (χ0n) is 7.03. The molecule has 0 fully saturated rings. The van der Waals surface area contributed by atoms with Crippen LogP contribution in [0.1, 0.15) is 6.92 Å². The van der Waals surface area contributed by atoms with Gasteiger partial charge in [0.25, 0.3) is 0 Å². The maximum absolute atomic E-state index is 10.4. The molecule has 6 heteroatoms. The number of methoxy groups -OCH3 is 1. The first-order valence-corrected chi connectivity index (χ1v) is 2.71. The summed E-state index contributed by atoms with van der Waals surface area (Å²) in [5.74, 6) is -0.902. The molecule has 12 heavy (non-hydrogen) atoms. The molecule has 1 amide bonds. The molecule has 64 valence electrons. The van der Waals surface area contributed by atoms with E-state index in [1.54, 1.807) is 6.92 Å². The Bertz CT molecular complexity index is 125. The molecular formula is C6H9NO3Y2-2. The number of hydrogen-bond acceptors (Lipinski definition) is 3. The van der Waals surface area contributed by atoms with Crippen LogP contribution in [-0.2, 0) is 79.7 Å². The van der Waals surface area contributed by atoms with Crippen LogP contribution >= 0.6 is 0 Å². The van der Waals surface area contributed by atoms with Crippen molar-refractivity contribution in [2.24, 2.45) is 0 Å². The van der Waals surface area contributed by atoms with Crippen LogP contribution in [0.5, 0.6) is 0 Å². The van der Waals surface area contributed by atoms with E-state index < -0.39 is 5.97 Å². The number of nitrogens with one attached hydrogen (secondary N) is 1. The molecule has 0 aliphatic heterocycles. The van der Waals surface area contributed by atoms with E-state index in [1.807, 2.05) is 0 Å². The van der Waals surface area contributed by atoms with Crippen LogP contribution in [0.2, 0.25) is 0 Å². The molecule has 4 nitrogen and oxygen atoms in total. The topological polar surface area (TPSA) is 55.4 Å². The van der Waals surface area contributed by atoms with Crippen LogP contribution in [0, 0.1) is 13.0 Å². The van der Waals surface area contributed by atoms with Gasteiger partial charge >= 0.3 is 0 Å². The van der Waals surface area contributed by atoms with Gasteiger partial charge in [0.1, 0.15) is 0 Å². The number of amides is 1. The standard InChI is InChI=1S/C6H9NO3.2Y/c1-3-5(8)7-4-6(9)10-2;;/h3-4H,1-2H3,(H,7,8);;/q-2;;. The molecule has 0 aliphatic rings. The normalized spacial score (nSPS) is 6.50. The van der Waals surface area contributed by atoms with Crippen LogP contribution in [0.25, 0.3) is 0 Å². The number of ether oxygens (including phenoxy) is 1. The number of carbonyl (C=O) groups excluding carboxylic acids is 2. The largest absolute Gasteiger partial charge is 0.505 e. The van der Waals surface area contributed by atoms with Crippen LogP contribution in [0.15, 0.2) is 0 Å². The van der Waals surface area contributed by atoms with Gasteiger partial charge in [0.05, 0.1) is 13.0 Å². The molecule has 0 atom stereocenters. The Kier molecular flexibility index (Phi) is 18.5. The summed E-state index contributed by atoms with van der Waals surface area (Å²) in [6.45, 7) is 2.53. The van der Waals surface area contributed by atoms with Crippen molar-refractivity contribution < 1.29 is 79.7 Å². The summed E-state index contributed by atoms with van der Waals surface area (Å²) in [5.41, 5.74) is 0. The number of hydrogen-bond donors (Lipinski definition) is 1. The fourth-order valence-electron chi connectivity index (χ4n) is 0.272. The molecule has 0 saturated carbocycles. The fourth-order valence-corrected chi connectivity index (χ4v) is 0.272. The molecule has 0 bridgehead atoms. The van der Waals surface area contributed by atoms with Crippen molar-refractivity contribution in [3.63, 3.8) is 0 Å². The summed E-state index contributed by atoms with van der Waals surface area (Å²) in [5, 5.41) is 2.19. The molecule has 0 aromatic heterocycles. The molecule has 0 aromatic rings. The van der Waals surface area contributed by atoms with Crippen molar-refractivity contribution in [1.29, 1.82) is 0 Å². The third-order valence-electron chi connectivity index (χ3n) is 0.796. The van der Waals surface area contributed by atoms with E-state index in [4.69, 9.17) is 0 Å². The second kappa shape index (κ2) is 11.9. The van der Waals surface area contributed by atoms with Crippen molar-refractivity contribution in [3.05, 3.63) is 13.0 Å². The number of carbonyl (C=O) groups is 2. The Labute approximate surface area is 122 Å². The SMILES string of the molecule is C[CH-]C(=O)N[CH-]C(=O)OC.[Y].[Y]. The second-order valence-electron chi connectivity index (χ2n) is 1.46. The minimum absolute atomic E-state index is 0. The van der Waals surface area contributed by atoms with Gasteiger partial charge in [-0.3, -0.25) is 4.79 Å². The van der Waals surface area contributed by atoms with E-state index >= 15 is 0 Å². The third kappa shape index (κ3) is 10.9. The van der Waals surface area contributed by atoms with Crippen molar-refractivity contribution >= 4 is 11.9 Å². The van der Waals surface area contributed by atoms with Gasteiger partial charge in [-0.15, -0.1) is 0 Å². The number of rotatable bonds is 3. The van der Waals surface area contributed by atoms with Gasteiger partial charge in [-0.1, -0.05) is 0 Å². The number of esters is 1. The Morgan fingerprint density at radius 3 is 2.17 bits per heavy atom. The van der Waals surface area contributed by atoms with E-state index in [2.05, 4.69) is 10.1 Å². The zero-order valence-corrected chi connectivity index (χ0v) is 12.7. The van der Waals surface area contributed by atoms with E-state index in [0.29, 0.717) is 0 Å². The van der Waals surface area contributed by atoms with Gasteiger partial charge in [-0.05, 0) is 0 Å².